The first-order valence-electron chi connectivity index (χ1n) is 13.1. The van der Waals surface area contributed by atoms with Gasteiger partial charge >= 0.3 is 0 Å². The van der Waals surface area contributed by atoms with E-state index in [-0.39, 0.29) is 35.3 Å². The zero-order valence-corrected chi connectivity index (χ0v) is 24.5. The lowest BCUT2D eigenvalue weighted by Gasteiger charge is -2.15. The number of carbonyl (C=O) groups is 2. The van der Waals surface area contributed by atoms with Crippen molar-refractivity contribution >= 4 is 33.2 Å². The van der Waals surface area contributed by atoms with Gasteiger partial charge in [-0.15, -0.1) is 0 Å². The molecule has 12 heteroatoms. The highest BCUT2D eigenvalue weighted by molar-refractivity contribution is 7.92. The molecule has 2 amide bonds. The Hall–Kier alpha value is -4.97. The largest absolute Gasteiger partial charge is 0.495 e. The number of sulfonamides is 1. The first kappa shape index (κ1) is 31.0. The summed E-state index contributed by atoms with van der Waals surface area (Å²) in [6.07, 6.45) is 0. The van der Waals surface area contributed by atoms with Gasteiger partial charge in [-0.2, -0.15) is 0 Å². The van der Waals surface area contributed by atoms with Crippen LogP contribution >= 0.6 is 0 Å². The zero-order chi connectivity index (χ0) is 31.1. The van der Waals surface area contributed by atoms with E-state index < -0.39 is 33.1 Å². The minimum atomic E-state index is -4.12. The van der Waals surface area contributed by atoms with Crippen molar-refractivity contribution < 1.29 is 31.5 Å². The highest BCUT2D eigenvalue weighted by Gasteiger charge is 2.21. The Kier molecular flexibility index (Phi) is 9.61. The van der Waals surface area contributed by atoms with Gasteiger partial charge in [-0.25, -0.2) is 17.2 Å². The number of ether oxygens (including phenoxy) is 1. The number of nitrogens with one attached hydrogen (secondary N) is 3. The molecule has 0 radical (unpaired) electrons. The molecule has 4 aromatic carbocycles. The van der Waals surface area contributed by atoms with Gasteiger partial charge in [-0.05, 0) is 71.8 Å². The number of methoxy groups -OCH3 is 1. The molecule has 0 aromatic heterocycles. The highest BCUT2D eigenvalue weighted by atomic mass is 32.2. The quantitative estimate of drug-likeness (QED) is 0.207. The van der Waals surface area contributed by atoms with Crippen LogP contribution in [-0.2, 0) is 10.0 Å². The highest BCUT2D eigenvalue weighted by Crippen LogP contribution is 2.32. The normalized spacial score (nSPS) is 11.0. The van der Waals surface area contributed by atoms with Crippen LogP contribution in [0, 0.1) is 11.6 Å². The first-order valence-corrected chi connectivity index (χ1v) is 14.6. The third-order valence-corrected chi connectivity index (χ3v) is 7.73. The van der Waals surface area contributed by atoms with Crippen LogP contribution < -0.4 is 20.1 Å². The van der Waals surface area contributed by atoms with Crippen molar-refractivity contribution in [3.63, 3.8) is 0 Å². The Morgan fingerprint density at radius 1 is 0.837 bits per heavy atom. The summed E-state index contributed by atoms with van der Waals surface area (Å²) >= 11 is 0. The number of hydrogen-bond donors (Lipinski definition) is 3. The number of rotatable bonds is 11. The Bertz CT molecular complexity index is 1760. The molecule has 0 saturated carbocycles. The van der Waals surface area contributed by atoms with Gasteiger partial charge in [-0.1, -0.05) is 24.3 Å². The summed E-state index contributed by atoms with van der Waals surface area (Å²) in [5.41, 5.74) is 2.11. The van der Waals surface area contributed by atoms with E-state index in [2.05, 4.69) is 15.4 Å². The lowest BCUT2D eigenvalue weighted by Crippen LogP contribution is -2.29. The van der Waals surface area contributed by atoms with E-state index in [1.165, 1.54) is 18.1 Å². The molecule has 4 aromatic rings. The smallest absolute Gasteiger partial charge is 0.265 e. The minimum Gasteiger partial charge on any atom is -0.495 e. The van der Waals surface area contributed by atoms with E-state index in [4.69, 9.17) is 4.74 Å². The molecule has 0 aliphatic heterocycles. The average molecular weight is 609 g/mol. The number of hydrogen-bond acceptors (Lipinski definition) is 6. The molecule has 0 saturated heterocycles. The van der Waals surface area contributed by atoms with Gasteiger partial charge in [0.15, 0.2) is 0 Å². The van der Waals surface area contributed by atoms with Crippen LogP contribution in [0.25, 0.3) is 11.1 Å². The van der Waals surface area contributed by atoms with E-state index in [0.29, 0.717) is 22.4 Å². The second-order valence-electron chi connectivity index (χ2n) is 9.64. The van der Waals surface area contributed by atoms with Gasteiger partial charge in [0.25, 0.3) is 21.8 Å². The third kappa shape index (κ3) is 7.66. The van der Waals surface area contributed by atoms with Gasteiger partial charge in [0.05, 0.1) is 18.4 Å². The molecule has 0 heterocycles. The molecular weight excluding hydrogens is 578 g/mol. The maximum Gasteiger partial charge on any atom is 0.265 e. The number of nitrogens with zero attached hydrogens (tertiary/aromatic N) is 1. The summed E-state index contributed by atoms with van der Waals surface area (Å²) in [6.45, 7) is 0.320. The van der Waals surface area contributed by atoms with Crippen LogP contribution in [-0.4, -0.2) is 59.4 Å². The molecule has 4 rings (SSSR count). The first-order chi connectivity index (χ1) is 20.5. The van der Waals surface area contributed by atoms with Crippen molar-refractivity contribution in [2.75, 3.05) is 44.3 Å². The molecule has 0 aliphatic carbocycles. The molecule has 0 bridgehead atoms. The fraction of sp³-hybridized carbons (Fsp3) is 0.161. The number of benzene rings is 4. The van der Waals surface area contributed by atoms with Gasteiger partial charge in [-0.3, -0.25) is 14.3 Å². The molecule has 0 atom stereocenters. The predicted molar refractivity (Wildman–Crippen MR) is 161 cm³/mol. The van der Waals surface area contributed by atoms with E-state index in [9.17, 15) is 26.8 Å². The van der Waals surface area contributed by atoms with Crippen LogP contribution in [0.2, 0.25) is 0 Å². The van der Waals surface area contributed by atoms with Crippen molar-refractivity contribution in [3.05, 3.63) is 108 Å². The van der Waals surface area contributed by atoms with E-state index in [1.54, 1.807) is 74.8 Å². The summed E-state index contributed by atoms with van der Waals surface area (Å²) in [7, 11) is 0.555. The van der Waals surface area contributed by atoms with Crippen molar-refractivity contribution in [2.24, 2.45) is 0 Å². The fourth-order valence-corrected chi connectivity index (χ4v) is 5.45. The van der Waals surface area contributed by atoms with Crippen LogP contribution in [0.15, 0.2) is 89.8 Å². The summed E-state index contributed by atoms with van der Waals surface area (Å²) in [5.74, 6) is -2.36. The molecule has 224 valence electrons. The van der Waals surface area contributed by atoms with Gasteiger partial charge in [0, 0.05) is 38.4 Å². The van der Waals surface area contributed by atoms with Crippen LogP contribution in [0.1, 0.15) is 20.7 Å². The van der Waals surface area contributed by atoms with Crippen LogP contribution in [0.5, 0.6) is 5.75 Å². The second-order valence-corrected chi connectivity index (χ2v) is 11.3. The van der Waals surface area contributed by atoms with Crippen molar-refractivity contribution in [2.45, 2.75) is 4.90 Å². The zero-order valence-electron chi connectivity index (χ0n) is 23.6. The maximum absolute atomic E-state index is 13.8. The SMILES string of the molecule is COc1ccc(-c2cccc(C(=O)N(C)C)c2)cc1S(=O)(=O)Nc1cccc(NCCNC(=O)c2cc(F)ccc2F)c1. The summed E-state index contributed by atoms with van der Waals surface area (Å²) < 4.78 is 62.0. The third-order valence-electron chi connectivity index (χ3n) is 6.33. The average Bonchev–Trinajstić information content (AvgIpc) is 2.99. The number of carbonyl (C=O) groups excluding carboxylic acids is 2. The lowest BCUT2D eigenvalue weighted by molar-refractivity contribution is 0.0827. The van der Waals surface area contributed by atoms with Crippen LogP contribution in [0.3, 0.4) is 0 Å². The fourth-order valence-electron chi connectivity index (χ4n) is 4.21. The number of amides is 2. The van der Waals surface area contributed by atoms with Gasteiger partial charge in [0.2, 0.25) is 0 Å². The standard InChI is InChI=1S/C31H30F2N4O5S/c1-37(2)31(39)22-7-4-6-20(16-22)21-10-13-28(42-3)29(17-21)43(40,41)36-25-9-5-8-24(19-25)34-14-15-35-30(38)26-18-23(32)11-12-27(26)33/h4-13,16-19,34,36H,14-15H2,1-3H3,(H,35,38). The molecule has 0 aliphatic rings. The molecule has 0 fully saturated rings. The Balaban J connectivity index is 1.46. The van der Waals surface area contributed by atoms with Crippen molar-refractivity contribution in [3.8, 4) is 16.9 Å². The molecule has 3 N–H and O–H groups in total. The molecule has 9 nitrogen and oxygen atoms in total. The van der Waals surface area contributed by atoms with Crippen molar-refractivity contribution in [1.82, 2.24) is 10.2 Å². The maximum atomic E-state index is 13.8. The molecule has 43 heavy (non-hydrogen) atoms. The Labute approximate surface area is 248 Å². The van der Waals surface area contributed by atoms with Crippen molar-refractivity contribution in [1.29, 1.82) is 0 Å². The summed E-state index contributed by atoms with van der Waals surface area (Å²) in [5, 5.41) is 5.55. The predicted octanol–water partition coefficient (Wildman–Crippen LogP) is 4.98. The Morgan fingerprint density at radius 2 is 1.56 bits per heavy atom. The lowest BCUT2D eigenvalue weighted by atomic mass is 10.0. The Morgan fingerprint density at radius 3 is 2.30 bits per heavy atom. The van der Waals surface area contributed by atoms with Crippen LogP contribution in [0.4, 0.5) is 20.2 Å². The molecule has 0 unspecified atom stereocenters. The summed E-state index contributed by atoms with van der Waals surface area (Å²) in [4.78, 5) is 26.0. The molecular formula is C31H30F2N4O5S. The van der Waals surface area contributed by atoms with Gasteiger partial charge < -0.3 is 20.3 Å². The number of halogens is 2. The van der Waals surface area contributed by atoms with Gasteiger partial charge in [0.1, 0.15) is 22.3 Å². The van der Waals surface area contributed by atoms with E-state index in [0.717, 1.165) is 18.2 Å². The minimum absolute atomic E-state index is 0.0933. The second kappa shape index (κ2) is 13.3. The van der Waals surface area contributed by atoms with E-state index >= 15 is 0 Å². The molecule has 0 spiro atoms. The topological polar surface area (TPSA) is 117 Å². The number of anilines is 2. The summed E-state index contributed by atoms with van der Waals surface area (Å²) in [6, 6.07) is 20.7. The van der Waals surface area contributed by atoms with E-state index in [1.807, 2.05) is 0 Å². The monoisotopic (exact) mass is 608 g/mol.